The average Bonchev–Trinajstić information content (AvgIpc) is 3.38. The van der Waals surface area contributed by atoms with Crippen molar-refractivity contribution in [3.63, 3.8) is 0 Å². The van der Waals surface area contributed by atoms with E-state index >= 15 is 0 Å². The molecule has 1 aromatic heterocycles. The lowest BCUT2D eigenvalue weighted by Crippen LogP contribution is -2.21. The largest absolute Gasteiger partial charge is 0.483 e. The van der Waals surface area contributed by atoms with Crippen LogP contribution in [0.2, 0.25) is 0 Å². The first-order chi connectivity index (χ1) is 16.1. The number of hydrogen-bond donors (Lipinski definition) is 1. The number of halogens is 1. The molecule has 0 aliphatic rings. The molecule has 8 heteroatoms. The summed E-state index contributed by atoms with van der Waals surface area (Å²) in [6.07, 6.45) is 3.53. The lowest BCUT2D eigenvalue weighted by molar-refractivity contribution is -0.118. The van der Waals surface area contributed by atoms with Crippen LogP contribution < -0.4 is 10.1 Å². The summed E-state index contributed by atoms with van der Waals surface area (Å²) in [6.45, 7) is -0.326. The molecule has 0 bridgehead atoms. The van der Waals surface area contributed by atoms with Crippen LogP contribution in [-0.4, -0.2) is 28.3 Å². The van der Waals surface area contributed by atoms with Crippen LogP contribution in [0.5, 0.6) is 5.75 Å². The maximum absolute atomic E-state index is 13.7. The molecule has 0 radical (unpaired) electrons. The standard InChI is InChI=1S/C25H20FN3O4/c26-21-7-2-3-8-22(21)28-24(30)17-32-23-9-4-1-6-20(23)25(31)33-16-18-10-12-19(13-11-18)29-15-5-14-27-29/h1-15H,16-17H2,(H,28,30). The van der Waals surface area contributed by atoms with Gasteiger partial charge >= 0.3 is 5.97 Å². The third-order valence-electron chi connectivity index (χ3n) is 4.69. The predicted molar refractivity (Wildman–Crippen MR) is 120 cm³/mol. The maximum atomic E-state index is 13.7. The Kier molecular flexibility index (Phi) is 6.75. The quantitative estimate of drug-likeness (QED) is 0.407. The summed E-state index contributed by atoms with van der Waals surface area (Å²) in [6, 6.07) is 21.6. The molecule has 7 nitrogen and oxygen atoms in total. The van der Waals surface area contributed by atoms with Crippen molar-refractivity contribution < 1.29 is 23.5 Å². The van der Waals surface area contributed by atoms with E-state index in [1.165, 1.54) is 18.2 Å². The Morgan fingerprint density at radius 2 is 1.70 bits per heavy atom. The highest BCUT2D eigenvalue weighted by molar-refractivity contribution is 5.94. The minimum absolute atomic E-state index is 0.0531. The number of carbonyl (C=O) groups is 2. The predicted octanol–water partition coefficient (Wildman–Crippen LogP) is 4.39. The Bertz CT molecular complexity index is 1240. The molecule has 0 fully saturated rings. The van der Waals surface area contributed by atoms with Gasteiger partial charge in [0.05, 0.1) is 11.4 Å². The number of ether oxygens (including phenoxy) is 2. The summed E-state index contributed by atoms with van der Waals surface area (Å²) in [4.78, 5) is 24.7. The number of rotatable bonds is 8. The molecule has 0 aliphatic heterocycles. The topological polar surface area (TPSA) is 82.5 Å². The van der Waals surface area contributed by atoms with Gasteiger partial charge in [0, 0.05) is 12.4 Å². The van der Waals surface area contributed by atoms with Crippen molar-refractivity contribution in [2.75, 3.05) is 11.9 Å². The summed E-state index contributed by atoms with van der Waals surface area (Å²) >= 11 is 0. The van der Waals surface area contributed by atoms with Gasteiger partial charge in [-0.15, -0.1) is 0 Å². The third kappa shape index (κ3) is 5.62. The minimum Gasteiger partial charge on any atom is -0.483 e. The number of aromatic nitrogens is 2. The number of esters is 1. The summed E-state index contributed by atoms with van der Waals surface area (Å²) in [5, 5.41) is 6.60. The molecule has 0 saturated carbocycles. The van der Waals surface area contributed by atoms with Crippen LogP contribution in [0, 0.1) is 5.82 Å². The van der Waals surface area contributed by atoms with Crippen LogP contribution >= 0.6 is 0 Å². The molecule has 4 rings (SSSR count). The molecule has 0 spiro atoms. The highest BCUT2D eigenvalue weighted by atomic mass is 19.1. The molecular formula is C25H20FN3O4. The molecule has 3 aromatic carbocycles. The van der Waals surface area contributed by atoms with Crippen molar-refractivity contribution in [3.8, 4) is 11.4 Å². The number of benzene rings is 3. The second-order valence-corrected chi connectivity index (χ2v) is 7.01. The van der Waals surface area contributed by atoms with Crippen molar-refractivity contribution in [3.05, 3.63) is 108 Å². The second kappa shape index (κ2) is 10.2. The fourth-order valence-electron chi connectivity index (χ4n) is 3.05. The van der Waals surface area contributed by atoms with Crippen molar-refractivity contribution in [2.24, 2.45) is 0 Å². The Hall–Kier alpha value is -4.46. The lowest BCUT2D eigenvalue weighted by atomic mass is 10.2. The SMILES string of the molecule is O=C(COc1ccccc1C(=O)OCc1ccc(-n2cccn2)cc1)Nc1ccccc1F. The van der Waals surface area contributed by atoms with Gasteiger partial charge in [0.1, 0.15) is 23.7 Å². The first kappa shape index (κ1) is 21.8. The van der Waals surface area contributed by atoms with Gasteiger partial charge in [-0.3, -0.25) is 4.79 Å². The summed E-state index contributed by atoms with van der Waals surface area (Å²) in [5.41, 5.74) is 1.94. The molecule has 1 amide bonds. The van der Waals surface area contributed by atoms with Gasteiger partial charge in [-0.05, 0) is 48.0 Å². The van der Waals surface area contributed by atoms with Crippen molar-refractivity contribution >= 4 is 17.6 Å². The zero-order chi connectivity index (χ0) is 23.0. The van der Waals surface area contributed by atoms with Gasteiger partial charge in [-0.1, -0.05) is 36.4 Å². The van der Waals surface area contributed by atoms with E-state index < -0.39 is 24.3 Å². The van der Waals surface area contributed by atoms with Gasteiger partial charge in [0.2, 0.25) is 0 Å². The van der Waals surface area contributed by atoms with Crippen LogP contribution in [-0.2, 0) is 16.1 Å². The molecular weight excluding hydrogens is 425 g/mol. The first-order valence-electron chi connectivity index (χ1n) is 10.1. The molecule has 1 N–H and O–H groups in total. The van der Waals surface area contributed by atoms with Crippen molar-refractivity contribution in [2.45, 2.75) is 6.61 Å². The molecule has 0 atom stereocenters. The average molecular weight is 445 g/mol. The lowest BCUT2D eigenvalue weighted by Gasteiger charge is -2.12. The van der Waals surface area contributed by atoms with E-state index in [1.807, 2.05) is 36.5 Å². The second-order valence-electron chi connectivity index (χ2n) is 7.01. The van der Waals surface area contributed by atoms with Gasteiger partial charge in [-0.25, -0.2) is 13.9 Å². The van der Waals surface area contributed by atoms with Crippen LogP contribution in [0.4, 0.5) is 10.1 Å². The Morgan fingerprint density at radius 1 is 0.939 bits per heavy atom. The summed E-state index contributed by atoms with van der Waals surface area (Å²) in [5.74, 6) is -1.50. The van der Waals surface area contributed by atoms with Gasteiger partial charge in [0.15, 0.2) is 6.61 Å². The van der Waals surface area contributed by atoms with Gasteiger partial charge < -0.3 is 14.8 Å². The summed E-state index contributed by atoms with van der Waals surface area (Å²) in [7, 11) is 0. The van der Waals surface area contributed by atoms with Crippen LogP contribution in [0.3, 0.4) is 0 Å². The molecule has 0 saturated heterocycles. The number of amides is 1. The maximum Gasteiger partial charge on any atom is 0.342 e. The smallest absolute Gasteiger partial charge is 0.342 e. The number of carbonyl (C=O) groups excluding carboxylic acids is 2. The number of hydrogen-bond acceptors (Lipinski definition) is 5. The zero-order valence-electron chi connectivity index (χ0n) is 17.5. The summed E-state index contributed by atoms with van der Waals surface area (Å²) < 4.78 is 26.3. The van der Waals surface area contributed by atoms with E-state index in [2.05, 4.69) is 10.4 Å². The Morgan fingerprint density at radius 3 is 2.45 bits per heavy atom. The minimum atomic E-state index is -0.587. The first-order valence-corrected chi connectivity index (χ1v) is 10.1. The van der Waals surface area contributed by atoms with E-state index in [9.17, 15) is 14.0 Å². The van der Waals surface area contributed by atoms with Crippen molar-refractivity contribution in [1.82, 2.24) is 9.78 Å². The van der Waals surface area contributed by atoms with E-state index in [-0.39, 0.29) is 23.6 Å². The number of para-hydroxylation sites is 2. The molecule has 4 aromatic rings. The Labute approximate surface area is 189 Å². The van der Waals surface area contributed by atoms with Crippen LogP contribution in [0.15, 0.2) is 91.3 Å². The fraction of sp³-hybridized carbons (Fsp3) is 0.0800. The van der Waals surface area contributed by atoms with E-state index in [4.69, 9.17) is 9.47 Å². The highest BCUT2D eigenvalue weighted by Gasteiger charge is 2.15. The van der Waals surface area contributed by atoms with E-state index in [1.54, 1.807) is 41.2 Å². The van der Waals surface area contributed by atoms with Gasteiger partial charge in [-0.2, -0.15) is 5.10 Å². The third-order valence-corrected chi connectivity index (χ3v) is 4.69. The molecule has 0 aliphatic carbocycles. The number of nitrogens with one attached hydrogen (secondary N) is 1. The Balaban J connectivity index is 1.34. The zero-order valence-corrected chi connectivity index (χ0v) is 17.5. The fourth-order valence-corrected chi connectivity index (χ4v) is 3.05. The number of anilines is 1. The van der Waals surface area contributed by atoms with E-state index in [0.29, 0.717) is 0 Å². The number of nitrogens with zero attached hydrogens (tertiary/aromatic N) is 2. The van der Waals surface area contributed by atoms with E-state index in [0.717, 1.165) is 11.3 Å². The van der Waals surface area contributed by atoms with Gasteiger partial charge in [0.25, 0.3) is 5.91 Å². The monoisotopic (exact) mass is 445 g/mol. The van der Waals surface area contributed by atoms with Crippen LogP contribution in [0.25, 0.3) is 5.69 Å². The molecule has 166 valence electrons. The molecule has 1 heterocycles. The normalized spacial score (nSPS) is 10.5. The highest BCUT2D eigenvalue weighted by Crippen LogP contribution is 2.20. The van der Waals surface area contributed by atoms with Crippen LogP contribution in [0.1, 0.15) is 15.9 Å². The van der Waals surface area contributed by atoms with Crippen molar-refractivity contribution in [1.29, 1.82) is 0 Å². The molecule has 0 unspecified atom stereocenters. The molecule has 33 heavy (non-hydrogen) atoms.